The second-order valence-electron chi connectivity index (χ2n) is 7.22. The maximum Gasteiger partial charge on any atom is 0.269 e. The van der Waals surface area contributed by atoms with Crippen molar-refractivity contribution in [3.8, 4) is 5.75 Å². The molecule has 3 aromatic rings. The van der Waals surface area contributed by atoms with E-state index in [-0.39, 0.29) is 18.1 Å². The Balaban J connectivity index is 1.62. The highest BCUT2D eigenvalue weighted by atomic mass is 16.7. The van der Waals surface area contributed by atoms with Crippen LogP contribution in [0.4, 0.5) is 5.69 Å². The van der Waals surface area contributed by atoms with Crippen LogP contribution >= 0.6 is 0 Å². The number of ketones is 1. The largest absolute Gasteiger partial charge is 0.488 e. The SMILES string of the molecule is O=C1c2ccccc2OC[C@]12ON=C(c1ccc([N+](=O)[O-])cc1)[C@H]2c1ccccc1. The van der Waals surface area contributed by atoms with Crippen LogP contribution in [0.2, 0.25) is 0 Å². The van der Waals surface area contributed by atoms with Gasteiger partial charge in [-0.3, -0.25) is 14.9 Å². The van der Waals surface area contributed by atoms with E-state index in [0.29, 0.717) is 22.6 Å². The van der Waals surface area contributed by atoms with Crippen molar-refractivity contribution in [1.29, 1.82) is 0 Å². The van der Waals surface area contributed by atoms with E-state index >= 15 is 0 Å². The third-order valence-electron chi connectivity index (χ3n) is 5.51. The van der Waals surface area contributed by atoms with Crippen LogP contribution in [0.25, 0.3) is 0 Å². The smallest absolute Gasteiger partial charge is 0.269 e. The number of para-hydroxylation sites is 1. The number of Topliss-reactive ketones (excluding diaryl/α,β-unsaturated/α-hetero) is 1. The maximum atomic E-state index is 13.6. The lowest BCUT2D eigenvalue weighted by Gasteiger charge is -2.35. The molecule has 148 valence electrons. The van der Waals surface area contributed by atoms with Crippen LogP contribution in [0, 0.1) is 10.1 Å². The highest BCUT2D eigenvalue weighted by Crippen LogP contribution is 2.46. The second-order valence-corrected chi connectivity index (χ2v) is 7.22. The molecule has 0 aliphatic carbocycles. The first-order valence-corrected chi connectivity index (χ1v) is 9.42. The van der Waals surface area contributed by atoms with Gasteiger partial charge in [-0.25, -0.2) is 0 Å². The fraction of sp³-hybridized carbons (Fsp3) is 0.130. The van der Waals surface area contributed by atoms with Crippen LogP contribution in [0.1, 0.15) is 27.4 Å². The molecular weight excluding hydrogens is 384 g/mol. The average molecular weight is 400 g/mol. The molecule has 0 aromatic heterocycles. The van der Waals surface area contributed by atoms with Crippen molar-refractivity contribution >= 4 is 17.2 Å². The maximum absolute atomic E-state index is 13.6. The lowest BCUT2D eigenvalue weighted by Crippen LogP contribution is -2.52. The number of benzene rings is 3. The van der Waals surface area contributed by atoms with E-state index in [2.05, 4.69) is 5.16 Å². The van der Waals surface area contributed by atoms with Crippen molar-refractivity contribution in [3.63, 3.8) is 0 Å². The van der Waals surface area contributed by atoms with Crippen molar-refractivity contribution in [2.45, 2.75) is 11.5 Å². The molecule has 0 saturated carbocycles. The zero-order valence-corrected chi connectivity index (χ0v) is 15.7. The van der Waals surface area contributed by atoms with E-state index in [1.165, 1.54) is 12.1 Å². The molecule has 2 heterocycles. The van der Waals surface area contributed by atoms with Crippen molar-refractivity contribution in [1.82, 2.24) is 0 Å². The highest BCUT2D eigenvalue weighted by Gasteiger charge is 2.58. The summed E-state index contributed by atoms with van der Waals surface area (Å²) in [5.74, 6) is -0.202. The zero-order chi connectivity index (χ0) is 20.7. The first-order valence-electron chi connectivity index (χ1n) is 9.42. The Bertz CT molecular complexity index is 1170. The number of carbonyl (C=O) groups excluding carboxylic acids is 1. The molecule has 0 unspecified atom stereocenters. The number of non-ortho nitro benzene ring substituents is 1. The fourth-order valence-corrected chi connectivity index (χ4v) is 4.04. The van der Waals surface area contributed by atoms with Crippen LogP contribution in [0.15, 0.2) is 84.0 Å². The molecule has 7 heteroatoms. The predicted octanol–water partition coefficient (Wildman–Crippen LogP) is 4.13. The van der Waals surface area contributed by atoms with E-state index < -0.39 is 16.4 Å². The number of nitro groups is 1. The third-order valence-corrected chi connectivity index (χ3v) is 5.51. The van der Waals surface area contributed by atoms with Gasteiger partial charge in [0, 0.05) is 17.7 Å². The first-order chi connectivity index (χ1) is 14.6. The molecule has 0 amide bonds. The quantitative estimate of drug-likeness (QED) is 0.487. The molecule has 0 radical (unpaired) electrons. The summed E-state index contributed by atoms with van der Waals surface area (Å²) >= 11 is 0. The molecule has 2 atom stereocenters. The molecular formula is C23H16N2O5. The van der Waals surface area contributed by atoms with Gasteiger partial charge in [-0.05, 0) is 29.8 Å². The fourth-order valence-electron chi connectivity index (χ4n) is 4.04. The number of fused-ring (bicyclic) bond motifs is 1. The minimum atomic E-state index is -1.34. The van der Waals surface area contributed by atoms with E-state index in [1.54, 1.807) is 30.3 Å². The number of carbonyl (C=O) groups is 1. The summed E-state index contributed by atoms with van der Waals surface area (Å²) in [4.78, 5) is 30.0. The number of hydrogen-bond acceptors (Lipinski definition) is 6. The monoisotopic (exact) mass is 400 g/mol. The Hall–Kier alpha value is -4.00. The summed E-state index contributed by atoms with van der Waals surface area (Å²) in [5, 5.41) is 15.3. The number of nitrogens with zero attached hydrogens (tertiary/aromatic N) is 2. The number of nitro benzene ring substituents is 1. The van der Waals surface area contributed by atoms with Crippen molar-refractivity contribution in [3.05, 3.63) is 106 Å². The summed E-state index contributed by atoms with van der Waals surface area (Å²) in [7, 11) is 0. The number of rotatable bonds is 3. The minimum Gasteiger partial charge on any atom is -0.488 e. The van der Waals surface area contributed by atoms with Crippen LogP contribution in [-0.4, -0.2) is 28.6 Å². The molecule has 0 saturated heterocycles. The third kappa shape index (κ3) is 2.67. The predicted molar refractivity (Wildman–Crippen MR) is 109 cm³/mol. The van der Waals surface area contributed by atoms with E-state index in [1.807, 2.05) is 36.4 Å². The van der Waals surface area contributed by atoms with Crippen molar-refractivity contribution in [2.24, 2.45) is 5.16 Å². The molecule has 0 bridgehead atoms. The Morgan fingerprint density at radius 3 is 2.40 bits per heavy atom. The van der Waals surface area contributed by atoms with Gasteiger partial charge >= 0.3 is 0 Å². The van der Waals surface area contributed by atoms with Gasteiger partial charge in [-0.2, -0.15) is 0 Å². The van der Waals surface area contributed by atoms with Crippen LogP contribution in [0.3, 0.4) is 0 Å². The normalized spacial score (nSPS) is 22.1. The summed E-state index contributed by atoms with van der Waals surface area (Å²) in [5.41, 5.74) is 1.13. The molecule has 0 N–H and O–H groups in total. The van der Waals surface area contributed by atoms with E-state index in [0.717, 1.165) is 5.56 Å². The Labute approximate surface area is 171 Å². The molecule has 7 nitrogen and oxygen atoms in total. The second kappa shape index (κ2) is 6.81. The number of ether oxygens (including phenoxy) is 1. The van der Waals surface area contributed by atoms with Gasteiger partial charge in [0.25, 0.3) is 5.69 Å². The molecule has 2 aliphatic heterocycles. The van der Waals surface area contributed by atoms with Crippen molar-refractivity contribution in [2.75, 3.05) is 6.61 Å². The highest BCUT2D eigenvalue weighted by molar-refractivity contribution is 6.15. The Morgan fingerprint density at radius 1 is 0.967 bits per heavy atom. The number of oxime groups is 1. The zero-order valence-electron chi connectivity index (χ0n) is 15.7. The summed E-state index contributed by atoms with van der Waals surface area (Å²) < 4.78 is 5.91. The van der Waals surface area contributed by atoms with Crippen LogP contribution in [-0.2, 0) is 4.84 Å². The molecule has 0 fully saturated rings. The minimum absolute atomic E-state index is 0.0163. The summed E-state index contributed by atoms with van der Waals surface area (Å²) in [6, 6.07) is 22.6. The van der Waals surface area contributed by atoms with Gasteiger partial charge in [-0.15, -0.1) is 0 Å². The van der Waals surface area contributed by atoms with Gasteiger partial charge in [-0.1, -0.05) is 47.6 Å². The molecule has 5 rings (SSSR count). The number of hydrogen-bond donors (Lipinski definition) is 0. The van der Waals surface area contributed by atoms with Crippen molar-refractivity contribution < 1.29 is 19.3 Å². The summed E-state index contributed by atoms with van der Waals surface area (Å²) in [6.07, 6.45) is 0. The van der Waals surface area contributed by atoms with E-state index in [9.17, 15) is 14.9 Å². The van der Waals surface area contributed by atoms with Gasteiger partial charge in [0.2, 0.25) is 11.4 Å². The van der Waals surface area contributed by atoms with Crippen LogP contribution in [0.5, 0.6) is 5.75 Å². The van der Waals surface area contributed by atoms with Crippen LogP contribution < -0.4 is 4.74 Å². The van der Waals surface area contributed by atoms with Gasteiger partial charge in [0.1, 0.15) is 12.4 Å². The van der Waals surface area contributed by atoms with Gasteiger partial charge in [0.15, 0.2) is 0 Å². The Morgan fingerprint density at radius 2 is 1.67 bits per heavy atom. The lowest BCUT2D eigenvalue weighted by molar-refractivity contribution is -0.384. The molecule has 30 heavy (non-hydrogen) atoms. The van der Waals surface area contributed by atoms with Gasteiger partial charge in [0.05, 0.1) is 22.1 Å². The first kappa shape index (κ1) is 18.1. The topological polar surface area (TPSA) is 91.0 Å². The lowest BCUT2D eigenvalue weighted by atomic mass is 9.73. The molecule has 3 aromatic carbocycles. The standard InChI is InChI=1S/C23H16N2O5/c26-22-18-8-4-5-9-19(18)29-14-23(22)20(15-6-2-1-3-7-15)21(24-30-23)16-10-12-17(13-11-16)25(27)28/h1-13,20H,14H2/t20-,23-/m1/s1. The Kier molecular flexibility index (Phi) is 4.10. The average Bonchev–Trinajstić information content (AvgIpc) is 3.17. The van der Waals surface area contributed by atoms with E-state index in [4.69, 9.17) is 9.57 Å². The molecule has 1 spiro atoms. The van der Waals surface area contributed by atoms with Gasteiger partial charge < -0.3 is 9.57 Å². The summed E-state index contributed by atoms with van der Waals surface area (Å²) in [6.45, 7) is 0.0163. The molecule has 2 aliphatic rings.